The van der Waals surface area contributed by atoms with Gasteiger partial charge in [-0.1, -0.05) is 5.92 Å². The number of nitrogens with one attached hydrogen (secondary N) is 1. The molecule has 26 heavy (non-hydrogen) atoms. The predicted octanol–water partition coefficient (Wildman–Crippen LogP) is 0.321. The number of rotatable bonds is 5. The lowest BCUT2D eigenvalue weighted by molar-refractivity contribution is -0.134. The van der Waals surface area contributed by atoms with Crippen molar-refractivity contribution in [2.24, 2.45) is 0 Å². The maximum atomic E-state index is 12.9. The molecule has 0 bridgehead atoms. The number of hydroxylamine groups is 1. The average molecular weight is 404 g/mol. The predicted molar refractivity (Wildman–Crippen MR) is 97.7 cm³/mol. The number of amides is 1. The molecule has 1 amide bonds. The van der Waals surface area contributed by atoms with Gasteiger partial charge in [-0.25, -0.2) is 13.9 Å². The van der Waals surface area contributed by atoms with Crippen LogP contribution in [-0.4, -0.2) is 68.1 Å². The number of nitrogens with zero attached hydrogens (tertiary/aromatic N) is 2. The zero-order valence-electron chi connectivity index (χ0n) is 14.5. The summed E-state index contributed by atoms with van der Waals surface area (Å²) in [7, 11) is -2.10. The molecule has 1 aliphatic rings. The number of benzene rings is 1. The summed E-state index contributed by atoms with van der Waals surface area (Å²) in [5.41, 5.74) is 1.54. The van der Waals surface area contributed by atoms with Crippen LogP contribution in [0.1, 0.15) is 6.92 Å². The van der Waals surface area contributed by atoms with Crippen LogP contribution in [0.15, 0.2) is 29.2 Å². The highest BCUT2D eigenvalue weighted by atomic mass is 35.5. The fourth-order valence-electron chi connectivity index (χ4n) is 2.51. The number of carbonyl (C=O) groups is 1. The van der Waals surface area contributed by atoms with E-state index in [0.717, 1.165) is 4.31 Å². The van der Waals surface area contributed by atoms with Crippen molar-refractivity contribution in [2.45, 2.75) is 17.9 Å². The lowest BCUT2D eigenvalue weighted by atomic mass is 10.2. The molecule has 0 spiro atoms. The minimum Gasteiger partial charge on any atom is -0.481 e. The first-order chi connectivity index (χ1) is 11.9. The van der Waals surface area contributed by atoms with Crippen LogP contribution in [0.4, 0.5) is 0 Å². The molecule has 0 radical (unpaired) electrons. The maximum absolute atomic E-state index is 12.9. The highest BCUT2D eigenvalue weighted by molar-refractivity contribution is 7.89. The van der Waals surface area contributed by atoms with E-state index in [1.165, 1.54) is 12.1 Å². The van der Waals surface area contributed by atoms with Crippen molar-refractivity contribution >= 4 is 28.3 Å². The topological polar surface area (TPSA) is 99.2 Å². The number of piperazine rings is 1. The first-order valence-corrected chi connectivity index (χ1v) is 9.11. The molecule has 1 saturated heterocycles. The molecular weight excluding hydrogens is 382 g/mol. The van der Waals surface area contributed by atoms with Crippen molar-refractivity contribution in [1.29, 1.82) is 0 Å². The third-order valence-corrected chi connectivity index (χ3v) is 5.79. The number of ether oxygens (including phenoxy) is 1. The molecule has 2 rings (SSSR count). The normalized spacial score (nSPS) is 18.2. The quantitative estimate of drug-likeness (QED) is 0.417. The van der Waals surface area contributed by atoms with Crippen LogP contribution >= 0.6 is 12.4 Å². The Kier molecular flexibility index (Phi) is 8.33. The number of hydrogen-bond acceptors (Lipinski definition) is 6. The number of hydrogen-bond donors (Lipinski definition) is 2. The Balaban J connectivity index is 0.00000338. The van der Waals surface area contributed by atoms with Crippen LogP contribution in [-0.2, 0) is 14.8 Å². The number of sulfonamides is 1. The minimum absolute atomic E-state index is 0. The van der Waals surface area contributed by atoms with E-state index in [4.69, 9.17) is 9.94 Å². The fraction of sp³-hybridized carbons (Fsp3) is 0.438. The van der Waals surface area contributed by atoms with E-state index in [9.17, 15) is 13.2 Å². The van der Waals surface area contributed by atoms with Gasteiger partial charge in [-0.15, -0.1) is 18.3 Å². The second kappa shape index (κ2) is 9.75. The van der Waals surface area contributed by atoms with E-state index >= 15 is 0 Å². The van der Waals surface area contributed by atoms with Gasteiger partial charge >= 0.3 is 0 Å². The van der Waals surface area contributed by atoms with Gasteiger partial charge in [-0.2, -0.15) is 4.31 Å². The Morgan fingerprint density at radius 2 is 2.00 bits per heavy atom. The Morgan fingerprint density at radius 3 is 2.58 bits per heavy atom. The zero-order chi connectivity index (χ0) is 18.4. The Hall–Kier alpha value is -1.83. The van der Waals surface area contributed by atoms with Crippen molar-refractivity contribution in [1.82, 2.24) is 14.7 Å². The summed E-state index contributed by atoms with van der Waals surface area (Å²) < 4.78 is 32.2. The van der Waals surface area contributed by atoms with Gasteiger partial charge in [0.15, 0.2) is 0 Å². The van der Waals surface area contributed by atoms with Crippen molar-refractivity contribution in [2.75, 3.05) is 33.3 Å². The molecule has 1 aromatic rings. The second-order valence-electron chi connectivity index (χ2n) is 5.56. The smallest absolute Gasteiger partial charge is 0.263 e. The summed E-state index contributed by atoms with van der Waals surface area (Å²) in [6.45, 7) is 2.77. The lowest BCUT2D eigenvalue weighted by Crippen LogP contribution is -2.59. The van der Waals surface area contributed by atoms with Crippen LogP contribution in [0.3, 0.4) is 0 Å². The molecule has 2 N–H and O–H groups in total. The number of carbonyl (C=O) groups excluding carboxylic acids is 1. The van der Waals surface area contributed by atoms with Gasteiger partial charge in [-0.3, -0.25) is 10.0 Å². The van der Waals surface area contributed by atoms with E-state index < -0.39 is 22.0 Å². The van der Waals surface area contributed by atoms with Gasteiger partial charge in [0.25, 0.3) is 5.91 Å². The molecule has 1 fully saturated rings. The summed E-state index contributed by atoms with van der Waals surface area (Å²) in [6.07, 6.45) is 0. The molecule has 10 heteroatoms. The average Bonchev–Trinajstić information content (AvgIpc) is 2.61. The molecule has 1 unspecified atom stereocenters. The third-order valence-electron chi connectivity index (χ3n) is 3.87. The molecule has 1 aliphatic heterocycles. The fourth-order valence-corrected chi connectivity index (χ4v) is 4.08. The highest BCUT2D eigenvalue weighted by Gasteiger charge is 2.39. The van der Waals surface area contributed by atoms with Gasteiger partial charge in [0.1, 0.15) is 18.4 Å². The largest absolute Gasteiger partial charge is 0.481 e. The van der Waals surface area contributed by atoms with Crippen molar-refractivity contribution in [3.8, 4) is 17.6 Å². The monoisotopic (exact) mass is 403 g/mol. The molecule has 0 saturated carbocycles. The molecule has 8 nitrogen and oxygen atoms in total. The summed E-state index contributed by atoms with van der Waals surface area (Å²) >= 11 is 0. The third kappa shape index (κ3) is 5.09. The molecule has 144 valence electrons. The van der Waals surface area contributed by atoms with E-state index in [1.807, 2.05) is 4.90 Å². The molecule has 1 aromatic carbocycles. The summed E-state index contributed by atoms with van der Waals surface area (Å²) in [5, 5.41) is 8.90. The Bertz CT molecular complexity index is 773. The summed E-state index contributed by atoms with van der Waals surface area (Å²) in [6, 6.07) is 4.94. The van der Waals surface area contributed by atoms with Gasteiger partial charge in [0.05, 0.1) is 4.90 Å². The van der Waals surface area contributed by atoms with Crippen molar-refractivity contribution < 1.29 is 23.2 Å². The van der Waals surface area contributed by atoms with Crippen LogP contribution in [0, 0.1) is 11.8 Å². The molecule has 1 atom stereocenters. The van der Waals surface area contributed by atoms with Gasteiger partial charge in [0.2, 0.25) is 10.0 Å². The SMILES string of the molecule is CC#CCOc1ccc(S(=O)(=O)N2CCN(C)CC2C(=O)NO)cc1.Cl. The van der Waals surface area contributed by atoms with Crippen LogP contribution in [0.5, 0.6) is 5.75 Å². The van der Waals surface area contributed by atoms with Gasteiger partial charge < -0.3 is 9.64 Å². The summed E-state index contributed by atoms with van der Waals surface area (Å²) in [4.78, 5) is 13.8. The van der Waals surface area contributed by atoms with Crippen LogP contribution in [0.2, 0.25) is 0 Å². The molecular formula is C16H22ClN3O5S. The molecule has 0 aliphatic carbocycles. The number of halogens is 1. The van der Waals surface area contributed by atoms with Crippen LogP contribution in [0.25, 0.3) is 0 Å². The van der Waals surface area contributed by atoms with Gasteiger partial charge in [0, 0.05) is 19.6 Å². The summed E-state index contributed by atoms with van der Waals surface area (Å²) in [5.74, 6) is 5.20. The Labute approximate surface area is 159 Å². The van der Waals surface area contributed by atoms with Gasteiger partial charge in [-0.05, 0) is 38.2 Å². The van der Waals surface area contributed by atoms with E-state index in [1.54, 1.807) is 31.6 Å². The minimum atomic E-state index is -3.88. The van der Waals surface area contributed by atoms with E-state index in [0.29, 0.717) is 12.3 Å². The maximum Gasteiger partial charge on any atom is 0.263 e. The number of likely N-dealkylation sites (N-methyl/N-ethyl adjacent to an activating group) is 1. The Morgan fingerprint density at radius 1 is 1.35 bits per heavy atom. The lowest BCUT2D eigenvalue weighted by Gasteiger charge is -2.37. The standard InChI is InChI=1S/C16H21N3O5S.ClH/c1-3-4-11-24-13-5-7-14(8-6-13)25(22,23)19-10-9-18(2)12-15(19)16(20)17-21;/h5-8,15,21H,9-12H2,1-2H3,(H,17,20);1H. The highest BCUT2D eigenvalue weighted by Crippen LogP contribution is 2.23. The molecule has 1 heterocycles. The first kappa shape index (κ1) is 22.2. The second-order valence-corrected chi connectivity index (χ2v) is 7.45. The van der Waals surface area contributed by atoms with E-state index in [-0.39, 0.29) is 37.0 Å². The van der Waals surface area contributed by atoms with E-state index in [2.05, 4.69) is 11.8 Å². The van der Waals surface area contributed by atoms with Crippen molar-refractivity contribution in [3.05, 3.63) is 24.3 Å². The molecule has 0 aromatic heterocycles. The van der Waals surface area contributed by atoms with Crippen LogP contribution < -0.4 is 10.2 Å². The van der Waals surface area contributed by atoms with Crippen molar-refractivity contribution in [3.63, 3.8) is 0 Å². The zero-order valence-corrected chi connectivity index (χ0v) is 16.1. The first-order valence-electron chi connectivity index (χ1n) is 7.67.